The zero-order valence-corrected chi connectivity index (χ0v) is 7.54. The van der Waals surface area contributed by atoms with Crippen LogP contribution in [0.4, 0.5) is 9.18 Å². The summed E-state index contributed by atoms with van der Waals surface area (Å²) in [6, 6.07) is 0. The molecule has 0 radical (unpaired) electrons. The average Bonchev–Trinajstić information content (AvgIpc) is 2.14. The molecule has 0 aromatic carbocycles. The lowest BCUT2D eigenvalue weighted by Crippen LogP contribution is -2.41. The Kier molecular flexibility index (Phi) is 3.95. The first-order valence-corrected chi connectivity index (χ1v) is 4.50. The molecule has 0 aromatic rings. The highest BCUT2D eigenvalue weighted by molar-refractivity contribution is 5.67. The van der Waals surface area contributed by atoms with Crippen molar-refractivity contribution in [1.82, 2.24) is 4.90 Å². The van der Waals surface area contributed by atoms with E-state index < -0.39 is 12.3 Å². The molecule has 2 N–H and O–H groups in total. The van der Waals surface area contributed by atoms with Crippen LogP contribution in [0.5, 0.6) is 0 Å². The van der Waals surface area contributed by atoms with Crippen molar-refractivity contribution in [3.63, 3.8) is 0 Å². The Morgan fingerprint density at radius 2 is 2.46 bits per heavy atom. The second-order valence-electron chi connectivity index (χ2n) is 3.09. The first-order valence-electron chi connectivity index (χ1n) is 4.50. The number of ether oxygens (including phenoxy) is 1. The molecule has 0 aromatic heterocycles. The van der Waals surface area contributed by atoms with Crippen LogP contribution in [0.25, 0.3) is 0 Å². The highest BCUT2D eigenvalue weighted by Crippen LogP contribution is 2.13. The molecule has 0 spiro atoms. The molecule has 1 amide bonds. The van der Waals surface area contributed by atoms with E-state index in [0.717, 1.165) is 0 Å². The third-order valence-electron chi connectivity index (χ3n) is 1.97. The molecule has 13 heavy (non-hydrogen) atoms. The molecule has 1 heterocycles. The summed E-state index contributed by atoms with van der Waals surface area (Å²) in [5.41, 5.74) is 5.16. The van der Waals surface area contributed by atoms with E-state index in [2.05, 4.69) is 0 Å². The molecule has 0 saturated carbocycles. The lowest BCUT2D eigenvalue weighted by molar-refractivity contribution is 0.0785. The first kappa shape index (κ1) is 10.2. The van der Waals surface area contributed by atoms with Gasteiger partial charge in [0.2, 0.25) is 0 Å². The van der Waals surface area contributed by atoms with E-state index in [1.54, 1.807) is 0 Å². The zero-order chi connectivity index (χ0) is 9.68. The molecule has 1 rings (SSSR count). The van der Waals surface area contributed by atoms with Crippen molar-refractivity contribution in [2.75, 3.05) is 26.2 Å². The van der Waals surface area contributed by atoms with Crippen LogP contribution in [0.1, 0.15) is 12.8 Å². The van der Waals surface area contributed by atoms with Gasteiger partial charge in [-0.1, -0.05) is 0 Å². The Morgan fingerprint density at radius 3 is 3.08 bits per heavy atom. The molecular weight excluding hydrogens is 175 g/mol. The van der Waals surface area contributed by atoms with Gasteiger partial charge in [0.1, 0.15) is 12.8 Å². The van der Waals surface area contributed by atoms with Crippen molar-refractivity contribution in [2.24, 2.45) is 5.73 Å². The Bertz CT molecular complexity index is 178. The van der Waals surface area contributed by atoms with Crippen LogP contribution in [0, 0.1) is 0 Å². The number of rotatable bonds is 2. The number of likely N-dealkylation sites (tertiary alicyclic amines) is 1. The summed E-state index contributed by atoms with van der Waals surface area (Å²) in [4.78, 5) is 12.6. The Hall–Kier alpha value is -0.840. The normalized spacial score (nSPS) is 22.9. The smallest absolute Gasteiger partial charge is 0.409 e. The number of carbonyl (C=O) groups is 1. The Balaban J connectivity index is 2.28. The highest BCUT2D eigenvalue weighted by Gasteiger charge is 2.23. The summed E-state index contributed by atoms with van der Waals surface area (Å²) in [7, 11) is 0. The van der Waals surface area contributed by atoms with E-state index in [9.17, 15) is 9.18 Å². The SMILES string of the molecule is NCCOC(=O)N1CCCC(F)C1. The van der Waals surface area contributed by atoms with E-state index >= 15 is 0 Å². The number of carbonyl (C=O) groups excluding carboxylic acids is 1. The van der Waals surface area contributed by atoms with Gasteiger partial charge in [0, 0.05) is 13.1 Å². The molecule has 5 heteroatoms. The lowest BCUT2D eigenvalue weighted by Gasteiger charge is -2.27. The fourth-order valence-corrected chi connectivity index (χ4v) is 1.33. The minimum atomic E-state index is -0.904. The Labute approximate surface area is 76.8 Å². The van der Waals surface area contributed by atoms with Gasteiger partial charge in [-0.25, -0.2) is 9.18 Å². The topological polar surface area (TPSA) is 55.6 Å². The fourth-order valence-electron chi connectivity index (χ4n) is 1.33. The maximum absolute atomic E-state index is 12.8. The van der Waals surface area contributed by atoms with Crippen LogP contribution in [0.15, 0.2) is 0 Å². The maximum Gasteiger partial charge on any atom is 0.409 e. The van der Waals surface area contributed by atoms with E-state index in [0.29, 0.717) is 25.9 Å². The molecule has 4 nitrogen and oxygen atoms in total. The van der Waals surface area contributed by atoms with Crippen molar-refractivity contribution in [3.05, 3.63) is 0 Å². The van der Waals surface area contributed by atoms with E-state index in [1.807, 2.05) is 0 Å². The van der Waals surface area contributed by atoms with Crippen LogP contribution < -0.4 is 5.73 Å². The quantitative estimate of drug-likeness (QED) is 0.690. The molecule has 1 saturated heterocycles. The lowest BCUT2D eigenvalue weighted by atomic mass is 10.1. The van der Waals surface area contributed by atoms with Gasteiger partial charge in [-0.15, -0.1) is 0 Å². The minimum Gasteiger partial charge on any atom is -0.448 e. The molecule has 1 aliphatic rings. The van der Waals surface area contributed by atoms with E-state index in [-0.39, 0.29) is 13.2 Å². The van der Waals surface area contributed by atoms with Crippen LogP contribution in [0.3, 0.4) is 0 Å². The van der Waals surface area contributed by atoms with Crippen molar-refractivity contribution in [2.45, 2.75) is 19.0 Å². The van der Waals surface area contributed by atoms with Crippen LogP contribution in [-0.2, 0) is 4.74 Å². The van der Waals surface area contributed by atoms with Crippen LogP contribution in [-0.4, -0.2) is 43.4 Å². The number of hydrogen-bond acceptors (Lipinski definition) is 3. The number of nitrogens with two attached hydrogens (primary N) is 1. The average molecular weight is 190 g/mol. The number of piperidine rings is 1. The van der Waals surface area contributed by atoms with Crippen molar-refractivity contribution >= 4 is 6.09 Å². The Morgan fingerprint density at radius 1 is 1.69 bits per heavy atom. The summed E-state index contributed by atoms with van der Waals surface area (Å²) < 4.78 is 17.6. The molecular formula is C8H15FN2O2. The minimum absolute atomic E-state index is 0.156. The molecule has 1 aliphatic heterocycles. The third-order valence-corrected chi connectivity index (χ3v) is 1.97. The van der Waals surface area contributed by atoms with Crippen molar-refractivity contribution in [1.29, 1.82) is 0 Å². The van der Waals surface area contributed by atoms with Gasteiger partial charge in [0.05, 0.1) is 6.54 Å². The summed E-state index contributed by atoms with van der Waals surface area (Å²) >= 11 is 0. The predicted molar refractivity (Wildman–Crippen MR) is 46.1 cm³/mol. The number of halogens is 1. The summed E-state index contributed by atoms with van der Waals surface area (Å²) in [6.45, 7) is 1.25. The number of alkyl halides is 1. The van der Waals surface area contributed by atoms with Crippen molar-refractivity contribution < 1.29 is 13.9 Å². The van der Waals surface area contributed by atoms with Crippen LogP contribution in [0.2, 0.25) is 0 Å². The molecule has 0 bridgehead atoms. The van der Waals surface area contributed by atoms with Gasteiger partial charge < -0.3 is 15.4 Å². The summed E-state index contributed by atoms with van der Waals surface area (Å²) in [5, 5.41) is 0. The van der Waals surface area contributed by atoms with Gasteiger partial charge in [0.25, 0.3) is 0 Å². The van der Waals surface area contributed by atoms with Gasteiger partial charge in [-0.2, -0.15) is 0 Å². The van der Waals surface area contributed by atoms with Crippen molar-refractivity contribution in [3.8, 4) is 0 Å². The predicted octanol–water partition coefficient (Wildman–Crippen LogP) is 0.516. The first-order chi connectivity index (χ1) is 6.24. The van der Waals surface area contributed by atoms with E-state index in [1.165, 1.54) is 4.90 Å². The maximum atomic E-state index is 12.8. The van der Waals surface area contributed by atoms with Gasteiger partial charge in [-0.05, 0) is 12.8 Å². The van der Waals surface area contributed by atoms with Gasteiger partial charge in [-0.3, -0.25) is 0 Å². The van der Waals surface area contributed by atoms with E-state index in [4.69, 9.17) is 10.5 Å². The molecule has 0 aliphatic carbocycles. The molecule has 76 valence electrons. The number of amides is 1. The monoisotopic (exact) mass is 190 g/mol. The van der Waals surface area contributed by atoms with Gasteiger partial charge in [0.15, 0.2) is 0 Å². The third kappa shape index (κ3) is 3.18. The zero-order valence-electron chi connectivity index (χ0n) is 7.54. The molecule has 1 unspecified atom stereocenters. The number of nitrogens with zero attached hydrogens (tertiary/aromatic N) is 1. The van der Waals surface area contributed by atoms with Gasteiger partial charge >= 0.3 is 6.09 Å². The highest BCUT2D eigenvalue weighted by atomic mass is 19.1. The molecule has 1 atom stereocenters. The standard InChI is InChI=1S/C8H15FN2O2/c9-7-2-1-4-11(6-7)8(12)13-5-3-10/h7H,1-6,10H2. The summed E-state index contributed by atoms with van der Waals surface area (Å²) in [6.07, 6.45) is -0.105. The summed E-state index contributed by atoms with van der Waals surface area (Å²) in [5.74, 6) is 0. The second-order valence-corrected chi connectivity index (χ2v) is 3.09. The largest absolute Gasteiger partial charge is 0.448 e. The molecule has 1 fully saturated rings. The number of hydrogen-bond donors (Lipinski definition) is 1. The van der Waals surface area contributed by atoms with Crippen LogP contribution >= 0.6 is 0 Å². The second kappa shape index (κ2) is 5.01. The fraction of sp³-hybridized carbons (Fsp3) is 0.875.